The van der Waals surface area contributed by atoms with Gasteiger partial charge in [0.25, 0.3) is 0 Å². The van der Waals surface area contributed by atoms with Crippen molar-refractivity contribution in [1.29, 1.82) is 0 Å². The highest BCUT2D eigenvalue weighted by Crippen LogP contribution is 2.29. The van der Waals surface area contributed by atoms with Crippen LogP contribution in [0.3, 0.4) is 0 Å². The van der Waals surface area contributed by atoms with E-state index in [1.54, 1.807) is 23.7 Å². The Morgan fingerprint density at radius 3 is 2.20 bits per heavy atom. The van der Waals surface area contributed by atoms with E-state index in [1.165, 1.54) is 12.1 Å². The molecule has 1 N–H and O–H groups in total. The molecule has 3 aromatic rings. The Balaban J connectivity index is 1.61. The van der Waals surface area contributed by atoms with Gasteiger partial charge in [-0.25, -0.2) is 0 Å². The molecule has 0 amide bonds. The second kappa shape index (κ2) is 8.61. The highest BCUT2D eigenvalue weighted by atomic mass is 19.4. The fraction of sp³-hybridized carbons (Fsp3) is 0.273. The lowest BCUT2D eigenvalue weighted by Crippen LogP contribution is -2.06. The molecule has 30 heavy (non-hydrogen) atoms. The topological polar surface area (TPSA) is 64.4 Å². The van der Waals surface area contributed by atoms with Crippen LogP contribution in [0.1, 0.15) is 33.6 Å². The molecule has 1 aromatic heterocycles. The van der Waals surface area contributed by atoms with Crippen LogP contribution in [0, 0.1) is 13.8 Å². The van der Waals surface area contributed by atoms with Crippen molar-refractivity contribution in [2.24, 2.45) is 0 Å². The van der Waals surface area contributed by atoms with Crippen LogP contribution in [0.25, 0.3) is 0 Å². The van der Waals surface area contributed by atoms with E-state index in [0.29, 0.717) is 23.6 Å². The molecule has 0 atom stereocenters. The normalized spacial score (nSPS) is 11.5. The highest BCUT2D eigenvalue weighted by Gasteiger charge is 2.29. The first-order valence-electron chi connectivity index (χ1n) is 9.26. The molecule has 0 aliphatic heterocycles. The predicted molar refractivity (Wildman–Crippen MR) is 104 cm³/mol. The Kier molecular flexibility index (Phi) is 6.14. The maximum absolute atomic E-state index is 12.6. The van der Waals surface area contributed by atoms with Crippen molar-refractivity contribution in [3.63, 3.8) is 0 Å². The minimum atomic E-state index is -4.35. The number of carbonyl (C=O) groups is 1. The lowest BCUT2D eigenvalue weighted by molar-refractivity contribution is -0.138. The molecule has 3 rings (SSSR count). The van der Waals surface area contributed by atoms with E-state index in [9.17, 15) is 18.0 Å². The van der Waals surface area contributed by atoms with E-state index in [1.807, 2.05) is 19.1 Å². The highest BCUT2D eigenvalue weighted by molar-refractivity contribution is 5.70. The van der Waals surface area contributed by atoms with E-state index in [-0.39, 0.29) is 13.0 Å². The lowest BCUT2D eigenvalue weighted by Gasteiger charge is -2.10. The number of carboxylic acid groups (broad SMARTS) is 1. The van der Waals surface area contributed by atoms with Crippen molar-refractivity contribution in [1.82, 2.24) is 9.78 Å². The van der Waals surface area contributed by atoms with Crippen LogP contribution in [-0.2, 0) is 30.5 Å². The molecular weight excluding hydrogens is 397 g/mol. The number of nitrogens with zero attached hydrogens (tertiary/aromatic N) is 2. The molecule has 0 aliphatic carbocycles. The summed E-state index contributed by atoms with van der Waals surface area (Å²) in [5, 5.41) is 13.4. The molecule has 0 fully saturated rings. The molecule has 0 saturated heterocycles. The zero-order chi connectivity index (χ0) is 21.9. The number of aromatic nitrogens is 2. The standard InChI is InChI=1S/C22H21F3N2O3/c1-14-20(11-21(28)29)15(2)27(26-14)12-16-5-9-19(10-6-16)30-13-17-3-7-18(8-4-17)22(23,24)25/h3-10H,11-13H2,1-2H3,(H,28,29). The Morgan fingerprint density at radius 2 is 1.63 bits per heavy atom. The van der Waals surface area contributed by atoms with Crippen molar-refractivity contribution < 1.29 is 27.8 Å². The fourth-order valence-electron chi connectivity index (χ4n) is 3.12. The SMILES string of the molecule is Cc1nn(Cc2ccc(OCc3ccc(C(F)(F)F)cc3)cc2)c(C)c1CC(=O)O. The first-order valence-corrected chi connectivity index (χ1v) is 9.26. The number of aryl methyl sites for hydroxylation is 1. The summed E-state index contributed by atoms with van der Waals surface area (Å²) in [5.41, 5.74) is 3.15. The van der Waals surface area contributed by atoms with Gasteiger partial charge in [-0.05, 0) is 49.2 Å². The van der Waals surface area contributed by atoms with Gasteiger partial charge >= 0.3 is 12.1 Å². The quantitative estimate of drug-likeness (QED) is 0.600. The summed E-state index contributed by atoms with van der Waals surface area (Å²) in [6.45, 7) is 4.29. The number of halogens is 3. The number of alkyl halides is 3. The smallest absolute Gasteiger partial charge is 0.416 e. The Labute approximate surface area is 171 Å². The monoisotopic (exact) mass is 418 g/mol. The molecule has 0 radical (unpaired) electrons. The molecular formula is C22H21F3N2O3. The molecule has 5 nitrogen and oxygen atoms in total. The van der Waals surface area contributed by atoms with E-state index in [4.69, 9.17) is 9.84 Å². The zero-order valence-corrected chi connectivity index (χ0v) is 16.5. The number of aliphatic carboxylic acids is 1. The van der Waals surface area contributed by atoms with E-state index in [0.717, 1.165) is 29.0 Å². The summed E-state index contributed by atoms with van der Waals surface area (Å²) in [5.74, 6) is -0.297. The first-order chi connectivity index (χ1) is 14.1. The number of rotatable bonds is 7. The van der Waals surface area contributed by atoms with Crippen LogP contribution in [0.2, 0.25) is 0 Å². The van der Waals surface area contributed by atoms with Gasteiger partial charge in [0.1, 0.15) is 12.4 Å². The first kappa shape index (κ1) is 21.4. The molecule has 8 heteroatoms. The number of hydrogen-bond acceptors (Lipinski definition) is 3. The summed E-state index contributed by atoms with van der Waals surface area (Å²) in [6, 6.07) is 12.2. The molecule has 158 valence electrons. The molecule has 0 aliphatic rings. The van der Waals surface area contributed by atoms with Gasteiger partial charge < -0.3 is 9.84 Å². The second-order valence-corrected chi connectivity index (χ2v) is 7.00. The molecule has 2 aromatic carbocycles. The van der Waals surface area contributed by atoms with Crippen molar-refractivity contribution >= 4 is 5.97 Å². The largest absolute Gasteiger partial charge is 0.489 e. The second-order valence-electron chi connectivity index (χ2n) is 7.00. The van der Waals surface area contributed by atoms with E-state index < -0.39 is 17.7 Å². The number of benzene rings is 2. The summed E-state index contributed by atoms with van der Waals surface area (Å²) in [7, 11) is 0. The number of hydrogen-bond donors (Lipinski definition) is 1. The van der Waals surface area contributed by atoms with Gasteiger partial charge in [0, 0.05) is 11.3 Å². The van der Waals surface area contributed by atoms with Crippen molar-refractivity contribution in [2.75, 3.05) is 0 Å². The summed E-state index contributed by atoms with van der Waals surface area (Å²) in [6.07, 6.45) is -4.41. The number of ether oxygens (including phenoxy) is 1. The Morgan fingerprint density at radius 1 is 1.03 bits per heavy atom. The average Bonchev–Trinajstić information content (AvgIpc) is 2.94. The Hall–Kier alpha value is -3.29. The van der Waals surface area contributed by atoms with Crippen LogP contribution >= 0.6 is 0 Å². The van der Waals surface area contributed by atoms with Crippen molar-refractivity contribution in [3.05, 3.63) is 82.2 Å². The molecule has 0 bridgehead atoms. The minimum absolute atomic E-state index is 0.0611. The predicted octanol–water partition coefficient (Wildman–Crippen LogP) is 4.77. The molecule has 0 spiro atoms. The van der Waals surface area contributed by atoms with Gasteiger partial charge in [-0.15, -0.1) is 0 Å². The third kappa shape index (κ3) is 5.20. The fourth-order valence-corrected chi connectivity index (χ4v) is 3.12. The molecule has 0 saturated carbocycles. The summed E-state index contributed by atoms with van der Waals surface area (Å²) >= 11 is 0. The van der Waals surface area contributed by atoms with Gasteiger partial charge in [0.05, 0.1) is 24.2 Å². The third-order valence-corrected chi connectivity index (χ3v) is 4.80. The average molecular weight is 418 g/mol. The van der Waals surface area contributed by atoms with Crippen molar-refractivity contribution in [3.8, 4) is 5.75 Å². The lowest BCUT2D eigenvalue weighted by atomic mass is 10.1. The summed E-state index contributed by atoms with van der Waals surface area (Å²) in [4.78, 5) is 11.0. The van der Waals surface area contributed by atoms with Gasteiger partial charge in [0.15, 0.2) is 0 Å². The van der Waals surface area contributed by atoms with Crippen LogP contribution in [0.5, 0.6) is 5.75 Å². The van der Waals surface area contributed by atoms with E-state index in [2.05, 4.69) is 5.10 Å². The zero-order valence-electron chi connectivity index (χ0n) is 16.5. The third-order valence-electron chi connectivity index (χ3n) is 4.80. The maximum atomic E-state index is 12.6. The summed E-state index contributed by atoms with van der Waals surface area (Å²) < 4.78 is 45.2. The Bertz CT molecular complexity index is 1020. The van der Waals surface area contributed by atoms with Crippen LogP contribution in [0.15, 0.2) is 48.5 Å². The van der Waals surface area contributed by atoms with Crippen LogP contribution in [-0.4, -0.2) is 20.9 Å². The molecule has 1 heterocycles. The maximum Gasteiger partial charge on any atom is 0.416 e. The minimum Gasteiger partial charge on any atom is -0.489 e. The number of carboxylic acids is 1. The van der Waals surface area contributed by atoms with Crippen molar-refractivity contribution in [2.45, 2.75) is 39.6 Å². The molecule has 0 unspecified atom stereocenters. The van der Waals surface area contributed by atoms with Gasteiger partial charge in [-0.1, -0.05) is 24.3 Å². The van der Waals surface area contributed by atoms with Crippen LogP contribution < -0.4 is 4.74 Å². The van der Waals surface area contributed by atoms with Gasteiger partial charge in [-0.3, -0.25) is 9.48 Å². The van der Waals surface area contributed by atoms with Crippen LogP contribution in [0.4, 0.5) is 13.2 Å². The van der Waals surface area contributed by atoms with E-state index >= 15 is 0 Å². The van der Waals surface area contributed by atoms with Gasteiger partial charge in [-0.2, -0.15) is 18.3 Å². The van der Waals surface area contributed by atoms with Gasteiger partial charge in [0.2, 0.25) is 0 Å².